The van der Waals surface area contributed by atoms with E-state index in [0.29, 0.717) is 12.5 Å². The first-order chi connectivity index (χ1) is 12.9. The van der Waals surface area contributed by atoms with Crippen molar-refractivity contribution >= 4 is 17.9 Å². The molecule has 1 aliphatic heterocycles. The van der Waals surface area contributed by atoms with Crippen LogP contribution >= 0.6 is 0 Å². The van der Waals surface area contributed by atoms with Crippen LogP contribution in [0.1, 0.15) is 52.4 Å². The van der Waals surface area contributed by atoms with Gasteiger partial charge in [0, 0.05) is 25.2 Å². The lowest BCUT2D eigenvalue weighted by Crippen LogP contribution is -2.51. The first-order valence-electron chi connectivity index (χ1n) is 10.2. The smallest absolute Gasteiger partial charge is 0.321 e. The fraction of sp³-hybridized carbons (Fsp3) is 0.842. The summed E-state index contributed by atoms with van der Waals surface area (Å²) in [5.41, 5.74) is 0. The van der Waals surface area contributed by atoms with E-state index >= 15 is 0 Å². The first-order valence-corrected chi connectivity index (χ1v) is 10.2. The highest BCUT2D eigenvalue weighted by Gasteiger charge is 2.27. The number of likely N-dealkylation sites (N-methyl/N-ethyl adjacent to an activating group) is 1. The molecule has 3 N–H and O–H groups in total. The largest absolute Gasteiger partial charge is 0.480 e. The van der Waals surface area contributed by atoms with Crippen LogP contribution in [0.15, 0.2) is 0 Å². The Kier molecular flexibility index (Phi) is 8.50. The third kappa shape index (κ3) is 7.10. The summed E-state index contributed by atoms with van der Waals surface area (Å²) in [6, 6.07) is -0.00897. The van der Waals surface area contributed by atoms with Crippen LogP contribution < -0.4 is 10.6 Å². The molecule has 2 unspecified atom stereocenters. The molecule has 2 fully saturated rings. The van der Waals surface area contributed by atoms with Crippen LogP contribution in [0, 0.1) is 5.92 Å². The van der Waals surface area contributed by atoms with E-state index in [-0.39, 0.29) is 31.1 Å². The number of carbonyl (C=O) groups is 3. The molecule has 154 valence electrons. The molecule has 8 heteroatoms. The number of urea groups is 1. The van der Waals surface area contributed by atoms with Crippen molar-refractivity contribution in [1.29, 1.82) is 0 Å². The summed E-state index contributed by atoms with van der Waals surface area (Å²) in [6.45, 7) is 6.53. The number of piperidine rings is 1. The lowest BCUT2D eigenvalue weighted by Gasteiger charge is -2.37. The molecule has 0 radical (unpaired) electrons. The van der Waals surface area contributed by atoms with Gasteiger partial charge in [-0.3, -0.25) is 24.7 Å². The quantitative estimate of drug-likeness (QED) is 0.613. The number of carboxylic acids is 1. The lowest BCUT2D eigenvalue weighted by atomic mass is 9.86. The van der Waals surface area contributed by atoms with Crippen molar-refractivity contribution in [3.05, 3.63) is 0 Å². The average Bonchev–Trinajstić information content (AvgIpc) is 2.62. The summed E-state index contributed by atoms with van der Waals surface area (Å²) in [6.07, 6.45) is 6.08. The lowest BCUT2D eigenvalue weighted by molar-refractivity contribution is -0.139. The van der Waals surface area contributed by atoms with Crippen LogP contribution in [-0.4, -0.2) is 77.6 Å². The second-order valence-electron chi connectivity index (χ2n) is 7.85. The van der Waals surface area contributed by atoms with E-state index in [9.17, 15) is 14.4 Å². The Morgan fingerprint density at radius 1 is 1.11 bits per heavy atom. The van der Waals surface area contributed by atoms with Crippen molar-refractivity contribution < 1.29 is 19.5 Å². The molecule has 2 rings (SSSR count). The highest BCUT2D eigenvalue weighted by Crippen LogP contribution is 2.23. The number of aliphatic carboxylic acids is 1. The molecule has 0 spiro atoms. The molecule has 3 amide bonds. The van der Waals surface area contributed by atoms with Gasteiger partial charge < -0.3 is 10.4 Å². The monoisotopic (exact) mass is 382 g/mol. The van der Waals surface area contributed by atoms with E-state index in [1.165, 1.54) is 6.42 Å². The molecule has 0 aromatic carbocycles. The zero-order chi connectivity index (χ0) is 19.8. The normalized spacial score (nSPS) is 24.6. The van der Waals surface area contributed by atoms with Gasteiger partial charge in [-0.15, -0.1) is 0 Å². The van der Waals surface area contributed by atoms with E-state index in [0.717, 1.165) is 45.2 Å². The Morgan fingerprint density at radius 2 is 1.78 bits per heavy atom. The van der Waals surface area contributed by atoms with Gasteiger partial charge in [-0.25, -0.2) is 4.79 Å². The summed E-state index contributed by atoms with van der Waals surface area (Å²) in [5.74, 6) is -0.643. The maximum Gasteiger partial charge on any atom is 0.321 e. The molecule has 8 nitrogen and oxygen atoms in total. The van der Waals surface area contributed by atoms with Crippen LogP contribution in [-0.2, 0) is 9.59 Å². The van der Waals surface area contributed by atoms with Crippen molar-refractivity contribution in [2.75, 3.05) is 32.7 Å². The number of hydrogen-bond acceptors (Lipinski definition) is 5. The molecule has 0 aromatic rings. The van der Waals surface area contributed by atoms with Crippen LogP contribution in [0.4, 0.5) is 4.79 Å². The van der Waals surface area contributed by atoms with E-state index in [1.807, 2.05) is 16.7 Å². The second kappa shape index (κ2) is 10.6. The van der Waals surface area contributed by atoms with E-state index in [2.05, 4.69) is 17.6 Å². The third-order valence-corrected chi connectivity index (χ3v) is 5.87. The summed E-state index contributed by atoms with van der Waals surface area (Å²) >= 11 is 0. The SMILES string of the molecule is CCN(CC(=O)O)C1CCN(CC(=O)NC(=O)NC2CCCCC2C)CC1. The van der Waals surface area contributed by atoms with E-state index < -0.39 is 12.0 Å². The predicted octanol–water partition coefficient (Wildman–Crippen LogP) is 1.26. The molecular weight excluding hydrogens is 348 g/mol. The Balaban J connectivity index is 1.69. The van der Waals surface area contributed by atoms with Gasteiger partial charge in [0.15, 0.2) is 0 Å². The van der Waals surface area contributed by atoms with Crippen molar-refractivity contribution in [1.82, 2.24) is 20.4 Å². The number of carbonyl (C=O) groups excluding carboxylic acids is 2. The Hall–Kier alpha value is -1.67. The molecule has 2 atom stereocenters. The van der Waals surface area contributed by atoms with Gasteiger partial charge in [-0.2, -0.15) is 0 Å². The summed E-state index contributed by atoms with van der Waals surface area (Å²) in [7, 11) is 0. The minimum atomic E-state index is -0.808. The number of amides is 3. The molecule has 0 aromatic heterocycles. The number of carboxylic acid groups (broad SMARTS) is 1. The Bertz CT molecular complexity index is 520. The fourth-order valence-corrected chi connectivity index (χ4v) is 4.22. The maximum atomic E-state index is 12.2. The number of rotatable bonds is 7. The van der Waals surface area contributed by atoms with Crippen LogP contribution in [0.2, 0.25) is 0 Å². The van der Waals surface area contributed by atoms with Crippen LogP contribution in [0.25, 0.3) is 0 Å². The zero-order valence-electron chi connectivity index (χ0n) is 16.6. The number of hydrogen-bond donors (Lipinski definition) is 3. The molecule has 0 bridgehead atoms. The van der Waals surface area contributed by atoms with Crippen molar-refractivity contribution in [2.24, 2.45) is 5.92 Å². The van der Waals surface area contributed by atoms with Gasteiger partial charge in [0.2, 0.25) is 5.91 Å². The van der Waals surface area contributed by atoms with Crippen molar-refractivity contribution in [2.45, 2.75) is 64.5 Å². The maximum absolute atomic E-state index is 12.2. The Labute approximate surface area is 161 Å². The minimum absolute atomic E-state index is 0.0570. The standard InChI is InChI=1S/C19H34N4O4/c1-3-23(13-18(25)26)15-8-10-22(11-9-15)12-17(24)21-19(27)20-16-7-5-4-6-14(16)2/h14-16H,3-13H2,1-2H3,(H,25,26)(H2,20,21,24,27). The highest BCUT2D eigenvalue weighted by atomic mass is 16.4. The zero-order valence-corrected chi connectivity index (χ0v) is 16.6. The Morgan fingerprint density at radius 3 is 2.37 bits per heavy atom. The van der Waals surface area contributed by atoms with E-state index in [4.69, 9.17) is 5.11 Å². The summed E-state index contributed by atoms with van der Waals surface area (Å²) in [4.78, 5) is 39.2. The summed E-state index contributed by atoms with van der Waals surface area (Å²) < 4.78 is 0. The van der Waals surface area contributed by atoms with Gasteiger partial charge in [0.25, 0.3) is 0 Å². The topological polar surface area (TPSA) is 102 Å². The molecule has 1 saturated carbocycles. The van der Waals surface area contributed by atoms with Crippen LogP contribution in [0.3, 0.4) is 0 Å². The molecule has 1 aliphatic carbocycles. The van der Waals surface area contributed by atoms with Gasteiger partial charge in [0.1, 0.15) is 0 Å². The number of nitrogens with one attached hydrogen (secondary N) is 2. The van der Waals surface area contributed by atoms with Crippen molar-refractivity contribution in [3.8, 4) is 0 Å². The number of imide groups is 1. The number of nitrogens with zero attached hydrogens (tertiary/aromatic N) is 2. The van der Waals surface area contributed by atoms with E-state index in [1.54, 1.807) is 0 Å². The summed E-state index contributed by atoms with van der Waals surface area (Å²) in [5, 5.41) is 14.4. The molecule has 27 heavy (non-hydrogen) atoms. The second-order valence-corrected chi connectivity index (χ2v) is 7.85. The van der Waals surface area contributed by atoms with Gasteiger partial charge in [-0.1, -0.05) is 26.7 Å². The highest BCUT2D eigenvalue weighted by molar-refractivity contribution is 5.95. The molecular formula is C19H34N4O4. The van der Waals surface area contributed by atoms with Gasteiger partial charge in [-0.05, 0) is 38.1 Å². The van der Waals surface area contributed by atoms with Crippen molar-refractivity contribution in [3.63, 3.8) is 0 Å². The van der Waals surface area contributed by atoms with Gasteiger partial charge in [0.05, 0.1) is 13.1 Å². The van der Waals surface area contributed by atoms with Crippen LogP contribution in [0.5, 0.6) is 0 Å². The minimum Gasteiger partial charge on any atom is -0.480 e. The molecule has 1 heterocycles. The number of likely N-dealkylation sites (tertiary alicyclic amines) is 1. The average molecular weight is 383 g/mol. The third-order valence-electron chi connectivity index (χ3n) is 5.87. The molecule has 2 aliphatic rings. The predicted molar refractivity (Wildman–Crippen MR) is 102 cm³/mol. The fourth-order valence-electron chi connectivity index (χ4n) is 4.22. The first kappa shape index (κ1) is 21.6. The van der Waals surface area contributed by atoms with Gasteiger partial charge >= 0.3 is 12.0 Å². The molecule has 1 saturated heterocycles.